The maximum Gasteiger partial charge on any atom is 0.224 e. The predicted molar refractivity (Wildman–Crippen MR) is 107 cm³/mol. The number of carbonyl (C=O) groups is 2. The van der Waals surface area contributed by atoms with E-state index < -0.39 is 5.92 Å². The normalized spacial score (nSPS) is 12.7. The first-order valence-corrected chi connectivity index (χ1v) is 10.0. The Morgan fingerprint density at radius 1 is 1.23 bits per heavy atom. The zero-order valence-electron chi connectivity index (χ0n) is 16.0. The van der Waals surface area contributed by atoms with Crippen molar-refractivity contribution < 1.29 is 9.59 Å². The van der Waals surface area contributed by atoms with Crippen LogP contribution in [0, 0.1) is 11.8 Å². The number of nitrogens with zero attached hydrogens (tertiary/aromatic N) is 1. The molecule has 0 aliphatic heterocycles. The third kappa shape index (κ3) is 5.35. The van der Waals surface area contributed by atoms with Gasteiger partial charge in [0.2, 0.25) is 5.91 Å². The highest BCUT2D eigenvalue weighted by molar-refractivity contribution is 7.18. The Labute approximate surface area is 159 Å². The van der Waals surface area contributed by atoms with E-state index in [1.54, 1.807) is 11.3 Å². The number of nitrogens with two attached hydrogens (primary N) is 1. The Morgan fingerprint density at radius 3 is 2.58 bits per heavy atom. The highest BCUT2D eigenvalue weighted by atomic mass is 32.1. The van der Waals surface area contributed by atoms with Crippen LogP contribution in [0.3, 0.4) is 0 Å². The van der Waals surface area contributed by atoms with Crippen LogP contribution in [0.2, 0.25) is 0 Å². The molecule has 0 fully saturated rings. The van der Waals surface area contributed by atoms with E-state index in [1.165, 1.54) is 5.56 Å². The monoisotopic (exact) mass is 375 g/mol. The summed E-state index contributed by atoms with van der Waals surface area (Å²) in [6.45, 7) is 8.86. The fourth-order valence-electron chi connectivity index (χ4n) is 2.72. The molecule has 26 heavy (non-hydrogen) atoms. The molecule has 5 nitrogen and oxygen atoms in total. The Balaban J connectivity index is 2.21. The van der Waals surface area contributed by atoms with E-state index in [2.05, 4.69) is 36.3 Å². The Bertz CT molecular complexity index is 768. The van der Waals surface area contributed by atoms with Gasteiger partial charge in [0.25, 0.3) is 0 Å². The number of carbonyl (C=O) groups excluding carboxylic acids is 2. The maximum absolute atomic E-state index is 12.5. The number of Topliss-reactive ketones (excluding diaryl/α,β-unsaturated/α-hetero) is 1. The van der Waals surface area contributed by atoms with Gasteiger partial charge in [-0.1, -0.05) is 33.8 Å². The number of aromatic nitrogens is 1. The molecule has 0 spiro atoms. The van der Waals surface area contributed by atoms with E-state index in [1.807, 2.05) is 19.9 Å². The van der Waals surface area contributed by atoms with Gasteiger partial charge in [-0.25, -0.2) is 4.98 Å². The van der Waals surface area contributed by atoms with Crippen LogP contribution in [0.5, 0.6) is 0 Å². The highest BCUT2D eigenvalue weighted by Gasteiger charge is 2.24. The van der Waals surface area contributed by atoms with Gasteiger partial charge in [-0.2, -0.15) is 0 Å². The Morgan fingerprint density at radius 2 is 1.96 bits per heavy atom. The van der Waals surface area contributed by atoms with Gasteiger partial charge >= 0.3 is 0 Å². The maximum atomic E-state index is 12.5. The average Bonchev–Trinajstić information content (AvgIpc) is 3.00. The minimum absolute atomic E-state index is 0.0798. The molecular weight excluding hydrogens is 346 g/mol. The molecule has 1 aromatic carbocycles. The molecule has 1 heterocycles. The van der Waals surface area contributed by atoms with Gasteiger partial charge in [-0.05, 0) is 23.6 Å². The molecule has 0 bridgehead atoms. The van der Waals surface area contributed by atoms with E-state index >= 15 is 0 Å². The minimum Gasteiger partial charge on any atom is -0.355 e. The van der Waals surface area contributed by atoms with Crippen molar-refractivity contribution in [1.82, 2.24) is 10.3 Å². The molecule has 2 aromatic rings. The van der Waals surface area contributed by atoms with E-state index in [9.17, 15) is 9.59 Å². The predicted octanol–water partition coefficient (Wildman–Crippen LogP) is 3.27. The van der Waals surface area contributed by atoms with Gasteiger partial charge in [0.15, 0.2) is 0 Å². The zero-order valence-corrected chi connectivity index (χ0v) is 16.9. The lowest BCUT2D eigenvalue weighted by atomic mass is 9.93. The summed E-state index contributed by atoms with van der Waals surface area (Å²) in [6, 6.07) is 6.31. The summed E-state index contributed by atoms with van der Waals surface area (Å²) < 4.78 is 1.13. The topological polar surface area (TPSA) is 85.1 Å². The molecule has 0 saturated carbocycles. The van der Waals surface area contributed by atoms with Gasteiger partial charge in [0.05, 0.1) is 21.1 Å². The fraction of sp³-hybridized carbons (Fsp3) is 0.550. The Hall–Kier alpha value is -1.79. The third-order valence-electron chi connectivity index (χ3n) is 4.45. The van der Waals surface area contributed by atoms with Crippen molar-refractivity contribution in [2.45, 2.75) is 46.5 Å². The molecule has 1 atom stereocenters. The summed E-state index contributed by atoms with van der Waals surface area (Å²) in [5.74, 6) is -0.0403. The van der Waals surface area contributed by atoms with E-state index in [0.29, 0.717) is 25.4 Å². The molecule has 1 aromatic heterocycles. The standard InChI is InChI=1S/C20H29N3O2S/c1-12(2)14-5-6-16-18(10-14)26-19(23-16)11-15(9-17(24)13(3)4)20(25)22-8-7-21/h5-6,10,12-13,15H,7-9,11,21H2,1-4H3,(H,22,25)/t15-/m0/s1. The SMILES string of the molecule is CC(C)C(=O)C[C@@H](Cc1nc2ccc(C(C)C)cc2s1)C(=O)NCCN. The number of nitrogens with one attached hydrogen (secondary N) is 1. The molecule has 0 saturated heterocycles. The second-order valence-corrected chi connectivity index (χ2v) is 8.41. The number of hydrogen-bond donors (Lipinski definition) is 2. The lowest BCUT2D eigenvalue weighted by Crippen LogP contribution is -2.36. The first-order chi connectivity index (χ1) is 12.3. The van der Waals surface area contributed by atoms with Crippen molar-refractivity contribution in [3.63, 3.8) is 0 Å². The number of ketones is 1. The second kappa shape index (κ2) is 9.24. The van der Waals surface area contributed by atoms with Crippen LogP contribution in [-0.4, -0.2) is 29.8 Å². The first kappa shape index (κ1) is 20.5. The number of hydrogen-bond acceptors (Lipinski definition) is 5. The van der Waals surface area contributed by atoms with Crippen LogP contribution in [0.1, 0.15) is 50.6 Å². The van der Waals surface area contributed by atoms with Crippen molar-refractivity contribution in [2.24, 2.45) is 17.6 Å². The summed E-state index contributed by atoms with van der Waals surface area (Å²) in [4.78, 5) is 29.3. The lowest BCUT2D eigenvalue weighted by Gasteiger charge is -2.16. The lowest BCUT2D eigenvalue weighted by molar-refractivity contribution is -0.130. The minimum atomic E-state index is -0.401. The molecule has 1 amide bonds. The van der Waals surface area contributed by atoms with Crippen molar-refractivity contribution in [3.8, 4) is 0 Å². The van der Waals surface area contributed by atoms with Crippen LogP contribution in [0.15, 0.2) is 18.2 Å². The molecule has 2 rings (SSSR count). The summed E-state index contributed by atoms with van der Waals surface area (Å²) in [6.07, 6.45) is 0.715. The first-order valence-electron chi connectivity index (χ1n) is 9.21. The molecule has 0 radical (unpaired) electrons. The van der Waals surface area contributed by atoms with Crippen molar-refractivity contribution in [2.75, 3.05) is 13.1 Å². The van der Waals surface area contributed by atoms with Gasteiger partial charge in [0.1, 0.15) is 5.78 Å². The molecule has 142 valence electrons. The van der Waals surface area contributed by atoms with Crippen LogP contribution >= 0.6 is 11.3 Å². The number of benzene rings is 1. The van der Waals surface area contributed by atoms with Crippen molar-refractivity contribution >= 4 is 33.2 Å². The van der Waals surface area contributed by atoms with Gasteiger partial charge in [-0.3, -0.25) is 9.59 Å². The van der Waals surface area contributed by atoms with Gasteiger partial charge in [0, 0.05) is 31.8 Å². The number of amides is 1. The van der Waals surface area contributed by atoms with Crippen LogP contribution in [0.25, 0.3) is 10.2 Å². The van der Waals surface area contributed by atoms with Gasteiger partial charge < -0.3 is 11.1 Å². The molecule has 0 unspecified atom stereocenters. The van der Waals surface area contributed by atoms with Crippen molar-refractivity contribution in [1.29, 1.82) is 0 Å². The van der Waals surface area contributed by atoms with E-state index in [0.717, 1.165) is 15.2 Å². The number of fused-ring (bicyclic) bond motifs is 1. The summed E-state index contributed by atoms with van der Waals surface area (Å²) in [5.41, 5.74) is 7.70. The quantitative estimate of drug-likeness (QED) is 0.704. The van der Waals surface area contributed by atoms with Crippen LogP contribution < -0.4 is 11.1 Å². The molecule has 0 aliphatic rings. The number of rotatable bonds is 9. The van der Waals surface area contributed by atoms with E-state index in [-0.39, 0.29) is 24.0 Å². The van der Waals surface area contributed by atoms with Crippen LogP contribution in [0.4, 0.5) is 0 Å². The summed E-state index contributed by atoms with van der Waals surface area (Å²) in [5, 5.41) is 3.71. The summed E-state index contributed by atoms with van der Waals surface area (Å²) >= 11 is 1.61. The molecule has 3 N–H and O–H groups in total. The smallest absolute Gasteiger partial charge is 0.224 e. The Kier molecular flexibility index (Phi) is 7.29. The fourth-order valence-corrected chi connectivity index (χ4v) is 3.82. The highest BCUT2D eigenvalue weighted by Crippen LogP contribution is 2.28. The largest absolute Gasteiger partial charge is 0.355 e. The summed E-state index contributed by atoms with van der Waals surface area (Å²) in [7, 11) is 0. The third-order valence-corrected chi connectivity index (χ3v) is 5.49. The van der Waals surface area contributed by atoms with E-state index in [4.69, 9.17) is 5.73 Å². The van der Waals surface area contributed by atoms with Gasteiger partial charge in [-0.15, -0.1) is 11.3 Å². The zero-order chi connectivity index (χ0) is 19.3. The number of thiazole rings is 1. The average molecular weight is 376 g/mol. The van der Waals surface area contributed by atoms with Crippen molar-refractivity contribution in [3.05, 3.63) is 28.8 Å². The van der Waals surface area contributed by atoms with Crippen LogP contribution in [-0.2, 0) is 16.0 Å². The molecule has 6 heteroatoms. The second-order valence-electron chi connectivity index (χ2n) is 7.30. The molecular formula is C20H29N3O2S. The molecule has 0 aliphatic carbocycles.